The van der Waals surface area contributed by atoms with E-state index in [1.807, 2.05) is 27.7 Å². The number of anilines is 2. The van der Waals surface area contributed by atoms with Gasteiger partial charge in [-0.1, -0.05) is 55.4 Å². The van der Waals surface area contributed by atoms with E-state index in [9.17, 15) is 19.8 Å². The van der Waals surface area contributed by atoms with Crippen LogP contribution in [0.4, 0.5) is 11.4 Å². The van der Waals surface area contributed by atoms with E-state index in [1.54, 1.807) is 58.3 Å². The Hall–Kier alpha value is -3.02. The Labute approximate surface area is 195 Å². The van der Waals surface area contributed by atoms with Crippen molar-refractivity contribution in [3.63, 3.8) is 0 Å². The molecule has 2 aromatic rings. The summed E-state index contributed by atoms with van der Waals surface area (Å²) in [6.07, 6.45) is 0. The minimum absolute atomic E-state index is 0.0828. The van der Waals surface area contributed by atoms with Crippen molar-refractivity contribution in [1.82, 2.24) is 0 Å². The van der Waals surface area contributed by atoms with E-state index in [0.29, 0.717) is 11.4 Å². The van der Waals surface area contributed by atoms with Crippen LogP contribution in [-0.4, -0.2) is 27.7 Å². The predicted molar refractivity (Wildman–Crippen MR) is 129 cm³/mol. The average molecular weight is 451 g/mol. The minimum atomic E-state index is -1.07. The fourth-order valence-electron chi connectivity index (χ4n) is 6.07. The first-order valence-corrected chi connectivity index (χ1v) is 11.3. The minimum Gasteiger partial charge on any atom is -0.508 e. The largest absolute Gasteiger partial charge is 0.508 e. The van der Waals surface area contributed by atoms with Gasteiger partial charge in [0.25, 0.3) is 0 Å². The van der Waals surface area contributed by atoms with Gasteiger partial charge in [-0.15, -0.1) is 0 Å². The zero-order chi connectivity index (χ0) is 24.8. The molecular formula is C27H34N2O4. The quantitative estimate of drug-likeness (QED) is 0.651. The molecule has 2 aliphatic heterocycles. The Morgan fingerprint density at radius 2 is 0.818 bits per heavy atom. The Kier molecular flexibility index (Phi) is 4.58. The summed E-state index contributed by atoms with van der Waals surface area (Å²) in [4.78, 5) is 32.0. The SMILES string of the molecule is CC1(C)C(=O)N(c2ccc(O)cc2)C2(N(c3ccc(O)cc3)C(=O)C(C)(C)C2(C)C)C1(C)C. The maximum atomic E-state index is 14.2. The van der Waals surface area contributed by atoms with Crippen molar-refractivity contribution in [2.24, 2.45) is 21.7 Å². The van der Waals surface area contributed by atoms with Gasteiger partial charge in [-0.05, 0) is 48.5 Å². The van der Waals surface area contributed by atoms with Crippen molar-refractivity contribution in [3.8, 4) is 11.5 Å². The number of amides is 2. The lowest BCUT2D eigenvalue weighted by Gasteiger charge is -2.58. The third kappa shape index (κ3) is 2.44. The predicted octanol–water partition coefficient (Wildman–Crippen LogP) is 5.29. The Balaban J connectivity index is 2.16. The first kappa shape index (κ1) is 23.1. The van der Waals surface area contributed by atoms with Crippen LogP contribution >= 0.6 is 0 Å². The summed E-state index contributed by atoms with van der Waals surface area (Å²) >= 11 is 0. The third-order valence-corrected chi connectivity index (χ3v) is 9.21. The number of hydrogen-bond donors (Lipinski definition) is 2. The highest BCUT2D eigenvalue weighted by atomic mass is 16.3. The molecule has 6 nitrogen and oxygen atoms in total. The van der Waals surface area contributed by atoms with Crippen LogP contribution in [0.1, 0.15) is 55.4 Å². The molecule has 2 aliphatic rings. The second-order valence-corrected chi connectivity index (χ2v) is 11.5. The molecule has 0 bridgehead atoms. The van der Waals surface area contributed by atoms with Crippen LogP contribution in [0.15, 0.2) is 48.5 Å². The summed E-state index contributed by atoms with van der Waals surface area (Å²) in [6.45, 7) is 16.0. The van der Waals surface area contributed by atoms with Crippen molar-refractivity contribution >= 4 is 23.2 Å². The molecule has 0 unspecified atom stereocenters. The molecule has 33 heavy (non-hydrogen) atoms. The number of carbonyl (C=O) groups excluding carboxylic acids is 2. The number of phenols is 2. The Bertz CT molecular complexity index is 1040. The normalized spacial score (nSPS) is 24.0. The van der Waals surface area contributed by atoms with Gasteiger partial charge in [0.15, 0.2) is 0 Å². The van der Waals surface area contributed by atoms with E-state index in [4.69, 9.17) is 0 Å². The van der Waals surface area contributed by atoms with E-state index in [1.165, 1.54) is 0 Å². The molecule has 2 N–H and O–H groups in total. The lowest BCUT2D eigenvalue weighted by Crippen LogP contribution is -2.69. The van der Waals surface area contributed by atoms with Gasteiger partial charge < -0.3 is 10.2 Å². The van der Waals surface area contributed by atoms with E-state index >= 15 is 0 Å². The molecule has 1 spiro atoms. The maximum absolute atomic E-state index is 14.2. The zero-order valence-corrected chi connectivity index (χ0v) is 20.7. The number of phenolic OH excluding ortho intramolecular Hbond substituents is 2. The molecular weight excluding hydrogens is 416 g/mol. The fraction of sp³-hybridized carbons (Fsp3) is 0.481. The topological polar surface area (TPSA) is 81.1 Å². The van der Waals surface area contributed by atoms with Crippen molar-refractivity contribution in [2.75, 3.05) is 9.80 Å². The Morgan fingerprint density at radius 1 is 0.545 bits per heavy atom. The molecule has 0 saturated carbocycles. The lowest BCUT2D eigenvalue weighted by molar-refractivity contribution is -0.127. The third-order valence-electron chi connectivity index (χ3n) is 9.21. The van der Waals surface area contributed by atoms with Crippen LogP contribution in [0, 0.1) is 21.7 Å². The van der Waals surface area contributed by atoms with Crippen LogP contribution in [0.25, 0.3) is 0 Å². The summed E-state index contributed by atoms with van der Waals surface area (Å²) in [6, 6.07) is 13.2. The summed E-state index contributed by atoms with van der Waals surface area (Å²) < 4.78 is 0. The average Bonchev–Trinajstić information content (AvgIpc) is 2.93. The smallest absolute Gasteiger partial charge is 0.235 e. The molecule has 176 valence electrons. The van der Waals surface area contributed by atoms with Gasteiger partial charge in [0.2, 0.25) is 11.8 Å². The molecule has 2 saturated heterocycles. The standard InChI is InChI=1S/C27H34N2O4/c1-23(2)21(32)28(17-9-13-19(30)14-10-17)27(25(23,5)6)26(7,8)24(3,4)22(33)29(27)18-11-15-20(31)16-12-18/h9-16,30-31H,1-8H3. The summed E-state index contributed by atoms with van der Waals surface area (Å²) in [5.74, 6) is 0.0481. The van der Waals surface area contributed by atoms with Gasteiger partial charge in [0.05, 0.1) is 10.8 Å². The molecule has 0 radical (unpaired) electrons. The second-order valence-electron chi connectivity index (χ2n) is 11.5. The molecule has 2 fully saturated rings. The van der Waals surface area contributed by atoms with E-state index in [2.05, 4.69) is 27.7 Å². The van der Waals surface area contributed by atoms with Crippen molar-refractivity contribution in [1.29, 1.82) is 0 Å². The molecule has 0 aromatic heterocycles. The second kappa shape index (κ2) is 6.52. The molecule has 2 aromatic carbocycles. The monoisotopic (exact) mass is 450 g/mol. The van der Waals surface area contributed by atoms with Crippen molar-refractivity contribution in [3.05, 3.63) is 48.5 Å². The first-order valence-electron chi connectivity index (χ1n) is 11.3. The van der Waals surface area contributed by atoms with Crippen LogP contribution in [0.2, 0.25) is 0 Å². The number of rotatable bonds is 2. The maximum Gasteiger partial charge on any atom is 0.235 e. The Morgan fingerprint density at radius 3 is 1.09 bits per heavy atom. The van der Waals surface area contributed by atoms with Gasteiger partial charge in [-0.2, -0.15) is 0 Å². The highest BCUT2D eigenvalue weighted by Crippen LogP contribution is 2.72. The van der Waals surface area contributed by atoms with E-state index < -0.39 is 27.3 Å². The van der Waals surface area contributed by atoms with Gasteiger partial charge in [0, 0.05) is 22.2 Å². The summed E-state index contributed by atoms with van der Waals surface area (Å²) in [5.41, 5.74) is -2.83. The van der Waals surface area contributed by atoms with Gasteiger partial charge >= 0.3 is 0 Å². The van der Waals surface area contributed by atoms with E-state index in [0.717, 1.165) is 0 Å². The molecule has 2 heterocycles. The van der Waals surface area contributed by atoms with Gasteiger partial charge in [0.1, 0.15) is 17.2 Å². The number of carbonyl (C=O) groups is 2. The number of aromatic hydroxyl groups is 2. The lowest BCUT2D eigenvalue weighted by atomic mass is 9.53. The zero-order valence-electron chi connectivity index (χ0n) is 20.7. The highest BCUT2D eigenvalue weighted by molar-refractivity contribution is 6.11. The first-order chi connectivity index (χ1) is 15.1. The number of benzene rings is 2. The van der Waals surface area contributed by atoms with Crippen molar-refractivity contribution in [2.45, 2.75) is 61.1 Å². The molecule has 4 rings (SSSR count). The molecule has 0 aliphatic carbocycles. The fourth-order valence-corrected chi connectivity index (χ4v) is 6.07. The van der Waals surface area contributed by atoms with Crippen LogP contribution in [0.5, 0.6) is 11.5 Å². The molecule has 0 atom stereocenters. The summed E-state index contributed by atoms with van der Waals surface area (Å²) in [5, 5.41) is 19.8. The molecule has 2 amide bonds. The number of nitrogens with zero attached hydrogens (tertiary/aromatic N) is 2. The van der Waals surface area contributed by atoms with Crippen LogP contribution < -0.4 is 9.80 Å². The molecule has 6 heteroatoms. The van der Waals surface area contributed by atoms with E-state index in [-0.39, 0.29) is 23.3 Å². The van der Waals surface area contributed by atoms with Gasteiger partial charge in [-0.25, -0.2) is 0 Å². The summed E-state index contributed by atoms with van der Waals surface area (Å²) in [7, 11) is 0. The van der Waals surface area contributed by atoms with Crippen molar-refractivity contribution < 1.29 is 19.8 Å². The van der Waals surface area contributed by atoms with Gasteiger partial charge in [-0.3, -0.25) is 19.4 Å². The highest BCUT2D eigenvalue weighted by Gasteiger charge is 2.82. The van der Waals surface area contributed by atoms with Crippen LogP contribution in [-0.2, 0) is 9.59 Å². The number of hydrogen-bond acceptors (Lipinski definition) is 4. The van der Waals surface area contributed by atoms with Crippen LogP contribution in [0.3, 0.4) is 0 Å².